The third-order valence-corrected chi connectivity index (χ3v) is 16.2. The molecule has 64 heavy (non-hydrogen) atoms. The maximum absolute atomic E-state index is 16.3. The Bertz CT molecular complexity index is 2590. The normalized spacial score (nSPS) is 26.8. The molecule has 10 rings (SSSR count). The summed E-state index contributed by atoms with van der Waals surface area (Å²) < 4.78 is 19.5. The number of piperidine rings is 3. The summed E-state index contributed by atoms with van der Waals surface area (Å²) in [6, 6.07) is 14.7. The molecule has 0 bridgehead atoms. The fourth-order valence-electron chi connectivity index (χ4n) is 12.4. The Morgan fingerprint density at radius 3 is 2.28 bits per heavy atom. The fourth-order valence-corrected chi connectivity index (χ4v) is 12.8. The molecule has 1 aromatic heterocycles. The molecule has 6 aliphatic rings. The van der Waals surface area contributed by atoms with Gasteiger partial charge in [-0.05, 0) is 111 Å². The van der Waals surface area contributed by atoms with Gasteiger partial charge in [0.1, 0.15) is 17.3 Å². The molecule has 1 unspecified atom stereocenters. The molecule has 4 atom stereocenters. The van der Waals surface area contributed by atoms with E-state index >= 15 is 4.39 Å². The first-order valence-electron chi connectivity index (χ1n) is 23.0. The number of imide groups is 1. The number of aromatic nitrogens is 2. The molecule has 3 aromatic carbocycles. The summed E-state index contributed by atoms with van der Waals surface area (Å²) in [5.41, 5.74) is 1.97. The molecule has 13 nitrogen and oxygen atoms in total. The molecule has 16 heteroatoms. The highest BCUT2D eigenvalue weighted by atomic mass is 35.5. The highest BCUT2D eigenvalue weighted by Gasteiger charge is 2.72. The number of benzene rings is 3. The van der Waals surface area contributed by atoms with Crippen molar-refractivity contribution in [1.29, 1.82) is 0 Å². The summed E-state index contributed by atoms with van der Waals surface area (Å²) in [6.45, 7) is 5.49. The molecule has 5 fully saturated rings. The van der Waals surface area contributed by atoms with E-state index in [0.717, 1.165) is 95.3 Å². The number of anilines is 1. The van der Waals surface area contributed by atoms with E-state index in [1.165, 1.54) is 16.2 Å². The van der Waals surface area contributed by atoms with E-state index in [2.05, 4.69) is 43.2 Å². The van der Waals surface area contributed by atoms with Crippen LogP contribution in [-0.2, 0) is 31.6 Å². The number of imidazole rings is 1. The Kier molecular flexibility index (Phi) is 11.5. The number of carbonyl (C=O) groups excluding carboxylic acids is 4. The summed E-state index contributed by atoms with van der Waals surface area (Å²) in [6.07, 6.45) is 8.20. The monoisotopic (exact) mass is 912 g/mol. The summed E-state index contributed by atoms with van der Waals surface area (Å²) >= 11 is 12.9. The molecule has 2 spiro atoms. The number of carbonyl (C=O) groups is 4. The van der Waals surface area contributed by atoms with Gasteiger partial charge in [0.15, 0.2) is 0 Å². The minimum absolute atomic E-state index is 0.0460. The first-order valence-corrected chi connectivity index (χ1v) is 23.8. The zero-order valence-electron chi connectivity index (χ0n) is 36.1. The van der Waals surface area contributed by atoms with Gasteiger partial charge in [0.25, 0.3) is 0 Å². The van der Waals surface area contributed by atoms with Gasteiger partial charge in [0, 0.05) is 67.9 Å². The quantitative estimate of drug-likeness (QED) is 0.161. The highest BCUT2D eigenvalue weighted by Crippen LogP contribution is 2.63. The van der Waals surface area contributed by atoms with Crippen molar-refractivity contribution in [3.8, 4) is 0 Å². The molecular formula is C48H55Cl2FN8O5. The van der Waals surface area contributed by atoms with Gasteiger partial charge < -0.3 is 20.4 Å². The van der Waals surface area contributed by atoms with Gasteiger partial charge in [-0.25, -0.2) is 9.18 Å². The van der Waals surface area contributed by atoms with E-state index in [-0.39, 0.29) is 46.5 Å². The largest absolute Gasteiger partial charge is 0.352 e. The van der Waals surface area contributed by atoms with Crippen molar-refractivity contribution in [2.45, 2.75) is 112 Å². The number of nitrogens with one attached hydrogen (secondary N) is 4. The van der Waals surface area contributed by atoms with Crippen molar-refractivity contribution in [2.75, 3.05) is 44.6 Å². The lowest BCUT2D eigenvalue weighted by atomic mass is 9.55. The lowest BCUT2D eigenvalue weighted by molar-refractivity contribution is -0.136. The Hall–Kier alpha value is -4.60. The van der Waals surface area contributed by atoms with Crippen LogP contribution < -0.4 is 27.0 Å². The molecular weight excluding hydrogens is 858 g/mol. The predicted octanol–water partition coefficient (Wildman–Crippen LogP) is 5.87. The Morgan fingerprint density at radius 1 is 0.844 bits per heavy atom. The molecule has 6 heterocycles. The summed E-state index contributed by atoms with van der Waals surface area (Å²) in [5.74, 6) is -2.32. The van der Waals surface area contributed by atoms with Crippen molar-refractivity contribution in [3.63, 3.8) is 0 Å². The summed E-state index contributed by atoms with van der Waals surface area (Å²) in [5, 5.41) is 13.0. The molecule has 0 radical (unpaired) electrons. The standard InChI is InChI=1S/C48H55Cl2FN8O5/c1-56-38-26-29(8-11-36(38)59(46(56)64)37-12-13-39(60)54-43(37)61)28-14-20-57(21-15-28)24-25-58-22-16-31(17-23-58)52-44(62)42-40(32-6-5-7-34(50)41(32)51)48(47(55-42)18-3-2-4-19-47)33-10-9-30(49)27-35(33)53-45(48)63/h5-11,26-28,31,37,40,42,55H,2-4,12-25H2,1H3,(H,52,62)(H,53,63)(H,54,60,61)/t37?,40-,42+,48+/m0/s1. The molecule has 4 saturated heterocycles. The van der Waals surface area contributed by atoms with Gasteiger partial charge >= 0.3 is 5.69 Å². The van der Waals surface area contributed by atoms with Gasteiger partial charge in [-0.3, -0.25) is 38.9 Å². The van der Waals surface area contributed by atoms with Crippen molar-refractivity contribution >= 4 is 63.6 Å². The summed E-state index contributed by atoms with van der Waals surface area (Å²) in [4.78, 5) is 72.1. The average Bonchev–Trinajstić information content (AvgIpc) is 3.84. The molecule has 4 amide bonds. The van der Waals surface area contributed by atoms with Crippen LogP contribution in [0.15, 0.2) is 59.4 Å². The number of halogens is 3. The van der Waals surface area contributed by atoms with Crippen LogP contribution in [0.5, 0.6) is 0 Å². The number of hydrogen-bond acceptors (Lipinski definition) is 8. The highest BCUT2D eigenvalue weighted by molar-refractivity contribution is 6.31. The van der Waals surface area contributed by atoms with E-state index in [9.17, 15) is 24.0 Å². The number of aryl methyl sites for hydroxylation is 1. The van der Waals surface area contributed by atoms with E-state index < -0.39 is 40.7 Å². The molecule has 4 aromatic rings. The Morgan fingerprint density at radius 2 is 1.56 bits per heavy atom. The van der Waals surface area contributed by atoms with Gasteiger partial charge in [-0.15, -0.1) is 0 Å². The van der Waals surface area contributed by atoms with Gasteiger partial charge in [0.2, 0.25) is 23.6 Å². The van der Waals surface area contributed by atoms with Gasteiger partial charge in [-0.2, -0.15) is 0 Å². The zero-order chi connectivity index (χ0) is 44.5. The second-order valence-electron chi connectivity index (χ2n) is 19.0. The SMILES string of the molecule is Cn1c(=O)n(C2CCC(=O)NC2=O)c2ccc(C3CCN(CCN4CCC(NC(=O)[C@@H]5NC6(CCCCC6)[C@@]6(C(=O)Nc7cc(Cl)ccc76)[C@H]5c5cccc(Cl)c5F)CC4)CC3)cc21. The lowest BCUT2D eigenvalue weighted by Crippen LogP contribution is -2.60. The van der Waals surface area contributed by atoms with E-state index in [1.54, 1.807) is 35.9 Å². The number of nitrogens with zero attached hydrogens (tertiary/aromatic N) is 4. The maximum atomic E-state index is 16.3. The molecule has 1 saturated carbocycles. The Balaban J connectivity index is 0.776. The number of likely N-dealkylation sites (tertiary alicyclic amines) is 2. The van der Waals surface area contributed by atoms with Crippen LogP contribution >= 0.6 is 23.2 Å². The van der Waals surface area contributed by atoms with Crippen LogP contribution in [0.1, 0.15) is 105 Å². The van der Waals surface area contributed by atoms with Crippen molar-refractivity contribution in [2.24, 2.45) is 7.05 Å². The van der Waals surface area contributed by atoms with Gasteiger partial charge in [-0.1, -0.05) is 66.7 Å². The average molecular weight is 914 g/mol. The molecule has 338 valence electrons. The van der Waals surface area contributed by atoms with Crippen LogP contribution in [0.25, 0.3) is 11.0 Å². The van der Waals surface area contributed by atoms with Crippen LogP contribution in [0.4, 0.5) is 10.1 Å². The minimum atomic E-state index is -1.27. The van der Waals surface area contributed by atoms with Crippen LogP contribution in [0, 0.1) is 5.82 Å². The van der Waals surface area contributed by atoms with E-state index in [1.807, 2.05) is 12.1 Å². The number of fused-ring (bicyclic) bond motifs is 4. The lowest BCUT2D eigenvalue weighted by Gasteiger charge is -2.47. The second-order valence-corrected chi connectivity index (χ2v) is 19.8. The molecule has 4 N–H and O–H groups in total. The van der Waals surface area contributed by atoms with Crippen LogP contribution in [-0.4, -0.2) is 99.5 Å². The number of amides is 4. The topological polar surface area (TPSA) is 150 Å². The number of hydrogen-bond donors (Lipinski definition) is 4. The third-order valence-electron chi connectivity index (χ3n) is 15.7. The first kappa shape index (κ1) is 43.3. The molecule has 5 aliphatic heterocycles. The van der Waals surface area contributed by atoms with Crippen molar-refractivity contribution in [1.82, 2.24) is 34.9 Å². The van der Waals surface area contributed by atoms with Crippen molar-refractivity contribution in [3.05, 3.63) is 97.6 Å². The maximum Gasteiger partial charge on any atom is 0.329 e. The summed E-state index contributed by atoms with van der Waals surface area (Å²) in [7, 11) is 1.73. The van der Waals surface area contributed by atoms with Crippen LogP contribution in [0.3, 0.4) is 0 Å². The number of rotatable bonds is 8. The smallest absolute Gasteiger partial charge is 0.329 e. The van der Waals surface area contributed by atoms with E-state index in [0.29, 0.717) is 41.4 Å². The minimum Gasteiger partial charge on any atom is -0.352 e. The predicted molar refractivity (Wildman–Crippen MR) is 243 cm³/mol. The van der Waals surface area contributed by atoms with Crippen molar-refractivity contribution < 1.29 is 23.6 Å². The van der Waals surface area contributed by atoms with Crippen LogP contribution in [0.2, 0.25) is 10.0 Å². The van der Waals surface area contributed by atoms with E-state index in [4.69, 9.17) is 23.2 Å². The molecule has 1 aliphatic carbocycles. The fraction of sp³-hybridized carbons (Fsp3) is 0.521. The third kappa shape index (κ3) is 7.19. The Labute approximate surface area is 381 Å². The van der Waals surface area contributed by atoms with Gasteiger partial charge in [0.05, 0.1) is 22.1 Å². The second kappa shape index (κ2) is 17.0. The first-order chi connectivity index (χ1) is 30.9. The zero-order valence-corrected chi connectivity index (χ0v) is 37.6.